The van der Waals surface area contributed by atoms with E-state index in [9.17, 15) is 9.59 Å². The van der Waals surface area contributed by atoms with E-state index < -0.39 is 52.0 Å². The van der Waals surface area contributed by atoms with Gasteiger partial charge in [-0.2, -0.15) is 0 Å². The topological polar surface area (TPSA) is 82.6 Å². The van der Waals surface area contributed by atoms with Crippen LogP contribution >= 0.6 is 11.6 Å². The van der Waals surface area contributed by atoms with E-state index in [0.717, 1.165) is 21.0 Å². The highest BCUT2D eigenvalue weighted by molar-refractivity contribution is 6.99. The minimum absolute atomic E-state index is 0.0994. The molecule has 1 N–H and O–H groups in total. The highest BCUT2D eigenvalue weighted by Crippen LogP contribution is 2.48. The largest absolute Gasteiger partial charge is 0.407 e. The summed E-state index contributed by atoms with van der Waals surface area (Å²) < 4.78 is 38.5. The normalized spacial score (nSPS) is 23.4. The molecule has 0 aliphatic carbocycles. The van der Waals surface area contributed by atoms with Gasteiger partial charge >= 0.3 is 5.69 Å². The molecule has 1 aliphatic rings. The van der Waals surface area contributed by atoms with E-state index in [1.165, 1.54) is 11.7 Å². The van der Waals surface area contributed by atoms with Gasteiger partial charge in [0.15, 0.2) is 20.7 Å². The Morgan fingerprint density at radius 3 is 1.95 bits per heavy atom. The number of hydrogen-bond acceptors (Lipinski definition) is 5. The quantitative estimate of drug-likeness (QED) is 0.291. The maximum atomic E-state index is 16.9. The Bertz CT molecular complexity index is 1530. The average molecular weight is 659 g/mol. The van der Waals surface area contributed by atoms with E-state index in [4.69, 9.17) is 25.2 Å². The lowest BCUT2D eigenvalue weighted by molar-refractivity contribution is -0.0930. The first-order valence-corrected chi connectivity index (χ1v) is 20.1. The molecule has 0 amide bonds. The van der Waals surface area contributed by atoms with Crippen molar-refractivity contribution < 1.29 is 18.0 Å². The second kappa shape index (κ2) is 12.7. The van der Waals surface area contributed by atoms with Crippen LogP contribution in [0.2, 0.25) is 23.2 Å². The summed E-state index contributed by atoms with van der Waals surface area (Å²) in [5.41, 5.74) is -1.59. The summed E-state index contributed by atoms with van der Waals surface area (Å²) in [4.78, 5) is 26.9. The Kier molecular flexibility index (Phi) is 9.85. The van der Waals surface area contributed by atoms with Crippen molar-refractivity contribution in [2.75, 3.05) is 6.61 Å². The molecule has 1 aliphatic heterocycles. The van der Waals surface area contributed by atoms with Crippen molar-refractivity contribution in [3.8, 4) is 0 Å². The number of nitrogens with one attached hydrogen (secondary N) is 1. The molecule has 3 aromatic rings. The first kappa shape index (κ1) is 34.3. The molecule has 11 heteroatoms. The van der Waals surface area contributed by atoms with E-state index in [-0.39, 0.29) is 16.7 Å². The summed E-state index contributed by atoms with van der Waals surface area (Å²) in [5.74, 6) is 0. The third kappa shape index (κ3) is 6.38. The highest BCUT2D eigenvalue weighted by atomic mass is 35.5. The number of aromatic nitrogens is 2. The minimum Gasteiger partial charge on any atom is -0.407 e. The van der Waals surface area contributed by atoms with Crippen molar-refractivity contribution in [2.45, 2.75) is 88.8 Å². The van der Waals surface area contributed by atoms with Gasteiger partial charge < -0.3 is 13.6 Å². The van der Waals surface area contributed by atoms with Gasteiger partial charge in [-0.3, -0.25) is 14.3 Å². The zero-order valence-electron chi connectivity index (χ0n) is 26.8. The van der Waals surface area contributed by atoms with Crippen molar-refractivity contribution >= 4 is 38.6 Å². The van der Waals surface area contributed by atoms with Gasteiger partial charge in [0.05, 0.1) is 6.61 Å². The molecule has 1 aromatic heterocycles. The van der Waals surface area contributed by atoms with Gasteiger partial charge in [0.1, 0.15) is 11.7 Å². The van der Waals surface area contributed by atoms with Crippen molar-refractivity contribution in [3.05, 3.63) is 105 Å². The fraction of sp³-hybridized carbons (Fsp3) is 0.455. The van der Waals surface area contributed by atoms with Gasteiger partial charge in [0, 0.05) is 17.8 Å². The molecule has 44 heavy (non-hydrogen) atoms. The summed E-state index contributed by atoms with van der Waals surface area (Å²) in [5, 5.41) is 1.48. The number of hydrogen-bond donors (Lipinski definition) is 1. The molecular weight excluding hydrogens is 615 g/mol. The molecule has 0 spiro atoms. The van der Waals surface area contributed by atoms with Crippen LogP contribution in [0, 0.1) is 0 Å². The Balaban J connectivity index is 1.91. The van der Waals surface area contributed by atoms with E-state index >= 15 is 4.39 Å². The van der Waals surface area contributed by atoms with Crippen molar-refractivity contribution in [1.82, 2.24) is 9.55 Å². The zero-order chi connectivity index (χ0) is 32.6. The van der Waals surface area contributed by atoms with Crippen molar-refractivity contribution in [2.24, 2.45) is 0 Å². The number of halogens is 2. The van der Waals surface area contributed by atoms with Crippen molar-refractivity contribution in [3.63, 3.8) is 0 Å². The zero-order valence-corrected chi connectivity index (χ0v) is 29.5. The molecule has 4 rings (SSSR count). The lowest BCUT2D eigenvalue weighted by Gasteiger charge is -2.46. The van der Waals surface area contributed by atoms with Crippen LogP contribution in [0.15, 0.2) is 94.1 Å². The fourth-order valence-corrected chi connectivity index (χ4v) is 11.8. The number of benzene rings is 2. The van der Waals surface area contributed by atoms with E-state index in [0.29, 0.717) is 0 Å². The Labute approximate surface area is 266 Å². The third-order valence-electron chi connectivity index (χ3n) is 9.01. The average Bonchev–Trinajstić information content (AvgIpc) is 3.19. The lowest BCUT2D eigenvalue weighted by atomic mass is 9.97. The second-order valence-corrected chi connectivity index (χ2v) is 23.3. The molecule has 2 heterocycles. The molecule has 0 saturated carbocycles. The molecule has 0 unspecified atom stereocenters. The first-order valence-electron chi connectivity index (χ1n) is 14.8. The number of rotatable bonds is 9. The summed E-state index contributed by atoms with van der Waals surface area (Å²) in [6.45, 7) is 16.7. The predicted molar refractivity (Wildman–Crippen MR) is 180 cm³/mol. The molecular formula is C33H44ClFN2O5Si2. The van der Waals surface area contributed by atoms with E-state index in [1.807, 2.05) is 49.5 Å². The van der Waals surface area contributed by atoms with Gasteiger partial charge in [0.2, 0.25) is 0 Å². The Morgan fingerprint density at radius 2 is 1.50 bits per heavy atom. The van der Waals surface area contributed by atoms with Gasteiger partial charge in [0.25, 0.3) is 13.9 Å². The molecule has 0 bridgehead atoms. The first-order chi connectivity index (χ1) is 20.5. The van der Waals surface area contributed by atoms with Crippen LogP contribution in [-0.2, 0) is 13.6 Å². The number of alkyl halides is 1. The summed E-state index contributed by atoms with van der Waals surface area (Å²) in [6.07, 6.45) is -1.54. The van der Waals surface area contributed by atoms with Crippen LogP contribution < -0.4 is 21.6 Å². The second-order valence-electron chi connectivity index (χ2n) is 14.0. The molecule has 1 saturated heterocycles. The summed E-state index contributed by atoms with van der Waals surface area (Å²) in [6, 6.07) is 21.4. The van der Waals surface area contributed by atoms with Crippen LogP contribution in [-0.4, -0.2) is 50.7 Å². The molecule has 1 fully saturated rings. The predicted octanol–water partition coefficient (Wildman–Crippen LogP) is 5.86. The Hall–Kier alpha value is -2.61. The smallest absolute Gasteiger partial charge is 0.330 e. The van der Waals surface area contributed by atoms with Crippen LogP contribution in [0.5, 0.6) is 0 Å². The Morgan fingerprint density at radius 1 is 0.955 bits per heavy atom. The number of aromatic amines is 1. The van der Waals surface area contributed by atoms with E-state index in [1.54, 1.807) is 6.08 Å². The van der Waals surface area contributed by atoms with Gasteiger partial charge in [-0.15, -0.1) is 0 Å². The van der Waals surface area contributed by atoms with Crippen LogP contribution in [0.1, 0.15) is 47.8 Å². The monoisotopic (exact) mass is 658 g/mol. The van der Waals surface area contributed by atoms with Crippen LogP contribution in [0.4, 0.5) is 4.39 Å². The molecule has 2 aromatic carbocycles. The summed E-state index contributed by atoms with van der Waals surface area (Å²) in [7, 11) is -5.71. The standard InChI is InChI=1S/C33H44ClFN2O5Si2/c1-31(2,3)43(7,8)42-28-27(35)29(37-22-19-26(38)36-30(37)39)41-33(28,20-21-34)23-40-44(32(4,5)6,24-15-11-9-12-16-24)25-17-13-10-14-18-25/h9-22,27-29H,23H2,1-8H3,(H,36,38,39)/b21-20+/t27-,28+,29-,33-/m1/s1. The van der Waals surface area contributed by atoms with Crippen LogP contribution in [0.25, 0.3) is 0 Å². The van der Waals surface area contributed by atoms with Gasteiger partial charge in [-0.25, -0.2) is 9.18 Å². The molecule has 238 valence electrons. The number of ether oxygens (including phenoxy) is 1. The van der Waals surface area contributed by atoms with Crippen molar-refractivity contribution in [1.29, 1.82) is 0 Å². The summed E-state index contributed by atoms with van der Waals surface area (Å²) >= 11 is 6.28. The maximum Gasteiger partial charge on any atom is 0.330 e. The highest BCUT2D eigenvalue weighted by Gasteiger charge is 2.61. The molecule has 4 atom stereocenters. The van der Waals surface area contributed by atoms with Gasteiger partial charge in [-0.05, 0) is 39.6 Å². The fourth-order valence-electron chi connectivity index (χ4n) is 5.66. The number of H-pyrrole nitrogens is 1. The maximum absolute atomic E-state index is 16.9. The van der Waals surface area contributed by atoms with E-state index in [2.05, 4.69) is 70.8 Å². The molecule has 7 nitrogen and oxygen atoms in total. The minimum atomic E-state index is -3.10. The SMILES string of the molecule is CC(C)(C)[Si](C)(C)O[C@H]1[C@@H](F)[C@H](n2ccc(=O)[nH]c2=O)O[C@]1(/C=C/Cl)CO[Si](c1ccccc1)(c1ccccc1)C(C)(C)C. The van der Waals surface area contributed by atoms with Crippen LogP contribution in [0.3, 0.4) is 0 Å². The number of nitrogens with zero attached hydrogens (tertiary/aromatic N) is 1. The molecule has 0 radical (unpaired) electrons. The van der Waals surface area contributed by atoms with Gasteiger partial charge in [-0.1, -0.05) is 114 Å². The third-order valence-corrected chi connectivity index (χ3v) is 18.6. The lowest BCUT2D eigenvalue weighted by Crippen LogP contribution is -2.68.